The van der Waals surface area contributed by atoms with Gasteiger partial charge in [0.2, 0.25) is 0 Å². The lowest BCUT2D eigenvalue weighted by molar-refractivity contribution is 0.428. The molecule has 2 rings (SSSR count). The SMILES string of the molecule is CCCn1ccnc(N2CCCC(NCC)C2)c1=O. The van der Waals surface area contributed by atoms with Gasteiger partial charge in [-0.05, 0) is 25.8 Å². The van der Waals surface area contributed by atoms with Crippen molar-refractivity contribution in [3.63, 3.8) is 0 Å². The van der Waals surface area contributed by atoms with E-state index in [9.17, 15) is 4.79 Å². The van der Waals surface area contributed by atoms with Crippen molar-refractivity contribution in [1.82, 2.24) is 14.9 Å². The topological polar surface area (TPSA) is 50.2 Å². The van der Waals surface area contributed by atoms with Crippen molar-refractivity contribution in [3.05, 3.63) is 22.7 Å². The van der Waals surface area contributed by atoms with Crippen LogP contribution in [0, 0.1) is 0 Å². The van der Waals surface area contributed by atoms with Crippen LogP contribution in [0.25, 0.3) is 0 Å². The fraction of sp³-hybridized carbons (Fsp3) is 0.714. The summed E-state index contributed by atoms with van der Waals surface area (Å²) in [5, 5.41) is 3.47. The highest BCUT2D eigenvalue weighted by Crippen LogP contribution is 2.14. The minimum absolute atomic E-state index is 0.0431. The third-order valence-electron chi connectivity index (χ3n) is 3.57. The summed E-state index contributed by atoms with van der Waals surface area (Å²) >= 11 is 0. The number of hydrogen-bond donors (Lipinski definition) is 1. The first-order chi connectivity index (χ1) is 9.26. The van der Waals surface area contributed by atoms with Gasteiger partial charge in [0.25, 0.3) is 5.56 Å². The monoisotopic (exact) mass is 264 g/mol. The third kappa shape index (κ3) is 3.35. The minimum atomic E-state index is 0.0431. The number of rotatable bonds is 5. The molecule has 1 fully saturated rings. The molecule has 1 saturated heterocycles. The van der Waals surface area contributed by atoms with Gasteiger partial charge >= 0.3 is 0 Å². The molecule has 1 atom stereocenters. The average molecular weight is 264 g/mol. The molecular weight excluding hydrogens is 240 g/mol. The molecule has 106 valence electrons. The van der Waals surface area contributed by atoms with Crippen LogP contribution in [0.3, 0.4) is 0 Å². The lowest BCUT2D eigenvalue weighted by Crippen LogP contribution is -2.48. The molecule has 0 amide bonds. The van der Waals surface area contributed by atoms with E-state index in [2.05, 4.69) is 29.0 Å². The third-order valence-corrected chi connectivity index (χ3v) is 3.57. The van der Waals surface area contributed by atoms with Gasteiger partial charge in [0.1, 0.15) is 0 Å². The van der Waals surface area contributed by atoms with Crippen LogP contribution >= 0.6 is 0 Å². The first-order valence-corrected chi connectivity index (χ1v) is 7.30. The molecule has 1 N–H and O–H groups in total. The van der Waals surface area contributed by atoms with E-state index in [4.69, 9.17) is 0 Å². The Hall–Kier alpha value is -1.36. The van der Waals surface area contributed by atoms with Gasteiger partial charge in [0, 0.05) is 38.1 Å². The maximum Gasteiger partial charge on any atom is 0.293 e. The number of hydrogen-bond acceptors (Lipinski definition) is 4. The van der Waals surface area contributed by atoms with Crippen molar-refractivity contribution in [1.29, 1.82) is 0 Å². The van der Waals surface area contributed by atoms with Gasteiger partial charge in [-0.15, -0.1) is 0 Å². The Morgan fingerprint density at radius 3 is 3.05 bits per heavy atom. The molecule has 19 heavy (non-hydrogen) atoms. The molecule has 1 aromatic rings. The highest BCUT2D eigenvalue weighted by molar-refractivity contribution is 5.36. The van der Waals surface area contributed by atoms with Crippen LogP contribution in [-0.4, -0.2) is 35.2 Å². The predicted octanol–water partition coefficient (Wildman–Crippen LogP) is 1.23. The molecule has 1 aliphatic rings. The molecule has 0 saturated carbocycles. The van der Waals surface area contributed by atoms with Gasteiger partial charge in [-0.1, -0.05) is 13.8 Å². The highest BCUT2D eigenvalue weighted by Gasteiger charge is 2.22. The van der Waals surface area contributed by atoms with E-state index in [0.717, 1.165) is 39.0 Å². The molecule has 5 nitrogen and oxygen atoms in total. The standard InChI is InChI=1S/C14H24N4O/c1-3-8-17-10-7-16-13(14(17)19)18-9-5-6-12(11-18)15-4-2/h7,10,12,15H,3-6,8-9,11H2,1-2H3. The lowest BCUT2D eigenvalue weighted by Gasteiger charge is -2.33. The second-order valence-electron chi connectivity index (χ2n) is 5.09. The summed E-state index contributed by atoms with van der Waals surface area (Å²) in [6.45, 7) is 7.74. The molecule has 0 bridgehead atoms. The predicted molar refractivity (Wildman–Crippen MR) is 77.7 cm³/mol. The van der Waals surface area contributed by atoms with Crippen molar-refractivity contribution in [2.45, 2.75) is 45.7 Å². The fourth-order valence-electron chi connectivity index (χ4n) is 2.69. The molecule has 1 aliphatic heterocycles. The van der Waals surface area contributed by atoms with E-state index in [1.807, 2.05) is 0 Å². The van der Waals surface area contributed by atoms with Crippen molar-refractivity contribution >= 4 is 5.82 Å². The molecule has 1 unspecified atom stereocenters. The second kappa shape index (κ2) is 6.70. The summed E-state index contributed by atoms with van der Waals surface area (Å²) in [5.41, 5.74) is 0.0431. The smallest absolute Gasteiger partial charge is 0.293 e. The molecule has 0 aliphatic carbocycles. The van der Waals surface area contributed by atoms with E-state index >= 15 is 0 Å². The summed E-state index contributed by atoms with van der Waals surface area (Å²) in [5.74, 6) is 0.610. The maximum absolute atomic E-state index is 12.4. The summed E-state index contributed by atoms with van der Waals surface area (Å²) < 4.78 is 1.76. The summed E-state index contributed by atoms with van der Waals surface area (Å²) in [4.78, 5) is 18.8. The van der Waals surface area contributed by atoms with Gasteiger partial charge in [-0.3, -0.25) is 4.79 Å². The minimum Gasteiger partial charge on any atom is -0.350 e. The van der Waals surface area contributed by atoms with Crippen LogP contribution in [0.4, 0.5) is 5.82 Å². The Labute approximate surface area is 114 Å². The van der Waals surface area contributed by atoms with Gasteiger partial charge < -0.3 is 14.8 Å². The van der Waals surface area contributed by atoms with Crippen LogP contribution in [0.15, 0.2) is 17.2 Å². The quantitative estimate of drug-likeness (QED) is 0.869. The molecule has 1 aromatic heterocycles. The van der Waals surface area contributed by atoms with E-state index in [0.29, 0.717) is 11.9 Å². The van der Waals surface area contributed by atoms with Crippen LogP contribution in [0.2, 0.25) is 0 Å². The first kappa shape index (κ1) is 14.1. The summed E-state index contributed by atoms with van der Waals surface area (Å²) in [6, 6.07) is 0.472. The largest absolute Gasteiger partial charge is 0.350 e. The first-order valence-electron chi connectivity index (χ1n) is 7.30. The zero-order chi connectivity index (χ0) is 13.7. The zero-order valence-electron chi connectivity index (χ0n) is 11.9. The van der Waals surface area contributed by atoms with Gasteiger partial charge in [0.15, 0.2) is 5.82 Å². The number of aromatic nitrogens is 2. The van der Waals surface area contributed by atoms with Crippen molar-refractivity contribution in [3.8, 4) is 0 Å². The maximum atomic E-state index is 12.4. The Balaban J connectivity index is 2.17. The fourth-order valence-corrected chi connectivity index (χ4v) is 2.69. The van der Waals surface area contributed by atoms with Crippen molar-refractivity contribution in [2.24, 2.45) is 0 Å². The lowest BCUT2D eigenvalue weighted by atomic mass is 10.1. The molecule has 0 radical (unpaired) electrons. The summed E-state index contributed by atoms with van der Waals surface area (Å²) in [6.07, 6.45) is 6.77. The van der Waals surface area contributed by atoms with Crippen LogP contribution in [0.1, 0.15) is 33.1 Å². The molecule has 0 aromatic carbocycles. The van der Waals surface area contributed by atoms with Gasteiger partial charge in [-0.25, -0.2) is 4.98 Å². The van der Waals surface area contributed by atoms with E-state index in [1.54, 1.807) is 17.0 Å². The Morgan fingerprint density at radius 1 is 1.47 bits per heavy atom. The van der Waals surface area contributed by atoms with Crippen molar-refractivity contribution < 1.29 is 0 Å². The normalized spacial score (nSPS) is 19.7. The Bertz CT molecular complexity index is 455. The Kier molecular flexibility index (Phi) is 4.96. The average Bonchev–Trinajstić information content (AvgIpc) is 2.42. The number of aryl methyl sites for hydroxylation is 1. The van der Waals surface area contributed by atoms with Gasteiger partial charge in [-0.2, -0.15) is 0 Å². The van der Waals surface area contributed by atoms with E-state index in [-0.39, 0.29) is 5.56 Å². The van der Waals surface area contributed by atoms with Crippen molar-refractivity contribution in [2.75, 3.05) is 24.5 Å². The number of piperidine rings is 1. The Morgan fingerprint density at radius 2 is 2.32 bits per heavy atom. The highest BCUT2D eigenvalue weighted by atomic mass is 16.1. The number of likely N-dealkylation sites (N-methyl/N-ethyl adjacent to an activating group) is 1. The van der Waals surface area contributed by atoms with Crippen LogP contribution in [-0.2, 0) is 6.54 Å². The van der Waals surface area contributed by atoms with Gasteiger partial charge in [0.05, 0.1) is 0 Å². The van der Waals surface area contributed by atoms with E-state index in [1.165, 1.54) is 6.42 Å². The zero-order valence-corrected chi connectivity index (χ0v) is 11.9. The second-order valence-corrected chi connectivity index (χ2v) is 5.09. The molecule has 0 spiro atoms. The number of anilines is 1. The molecular formula is C14H24N4O. The van der Waals surface area contributed by atoms with Crippen LogP contribution < -0.4 is 15.8 Å². The molecule has 2 heterocycles. The summed E-state index contributed by atoms with van der Waals surface area (Å²) in [7, 11) is 0. The number of nitrogens with one attached hydrogen (secondary N) is 1. The number of nitrogens with zero attached hydrogens (tertiary/aromatic N) is 3. The van der Waals surface area contributed by atoms with Crippen LogP contribution in [0.5, 0.6) is 0 Å². The van der Waals surface area contributed by atoms with E-state index < -0.39 is 0 Å². The molecule has 5 heteroatoms.